The van der Waals surface area contributed by atoms with Crippen LogP contribution in [0.25, 0.3) is 0 Å². The van der Waals surface area contributed by atoms with Crippen molar-refractivity contribution in [2.45, 2.75) is 25.8 Å². The van der Waals surface area contributed by atoms with E-state index in [-0.39, 0.29) is 11.3 Å². The molecule has 2 rings (SSSR count). The van der Waals surface area contributed by atoms with Crippen molar-refractivity contribution in [3.05, 3.63) is 29.6 Å². The maximum Gasteiger partial charge on any atom is 0.166 e. The molecule has 1 aromatic rings. The van der Waals surface area contributed by atoms with Crippen LogP contribution in [0.5, 0.6) is 5.75 Å². The van der Waals surface area contributed by atoms with Crippen molar-refractivity contribution < 1.29 is 13.9 Å². The Kier molecular flexibility index (Phi) is 3.97. The van der Waals surface area contributed by atoms with Crippen molar-refractivity contribution in [2.75, 3.05) is 20.2 Å². The fourth-order valence-electron chi connectivity index (χ4n) is 1.96. The SMILES string of the molecule is CC(=O)c1c(F)cccc1OCCN(C)C1CC1. The Morgan fingerprint density at radius 2 is 2.22 bits per heavy atom. The van der Waals surface area contributed by atoms with Gasteiger partial charge in [-0.3, -0.25) is 4.79 Å². The van der Waals surface area contributed by atoms with Gasteiger partial charge in [0, 0.05) is 12.6 Å². The standard InChI is InChI=1S/C14H18FNO2/c1-10(17)14-12(15)4-3-5-13(14)18-9-8-16(2)11-6-7-11/h3-5,11H,6-9H2,1-2H3. The third-order valence-corrected chi connectivity index (χ3v) is 3.20. The Morgan fingerprint density at radius 1 is 1.50 bits per heavy atom. The lowest BCUT2D eigenvalue weighted by molar-refractivity contribution is 0.100. The number of likely N-dealkylation sites (N-methyl/N-ethyl adjacent to an activating group) is 1. The van der Waals surface area contributed by atoms with Gasteiger partial charge in [-0.05, 0) is 38.9 Å². The van der Waals surface area contributed by atoms with Gasteiger partial charge in [-0.25, -0.2) is 4.39 Å². The van der Waals surface area contributed by atoms with E-state index in [0.717, 1.165) is 6.54 Å². The lowest BCUT2D eigenvalue weighted by Gasteiger charge is -2.16. The first-order valence-electron chi connectivity index (χ1n) is 6.22. The van der Waals surface area contributed by atoms with Crippen molar-refractivity contribution >= 4 is 5.78 Å². The van der Waals surface area contributed by atoms with Crippen LogP contribution < -0.4 is 4.74 Å². The molecule has 1 aliphatic rings. The third kappa shape index (κ3) is 3.07. The molecule has 0 unspecified atom stereocenters. The number of rotatable bonds is 6. The molecule has 98 valence electrons. The minimum atomic E-state index is -0.518. The van der Waals surface area contributed by atoms with E-state index in [0.29, 0.717) is 18.4 Å². The molecular formula is C14H18FNO2. The molecule has 1 fully saturated rings. The topological polar surface area (TPSA) is 29.5 Å². The van der Waals surface area contributed by atoms with Crippen LogP contribution in [0.3, 0.4) is 0 Å². The Morgan fingerprint density at radius 3 is 2.83 bits per heavy atom. The normalized spacial score (nSPS) is 14.9. The summed E-state index contributed by atoms with van der Waals surface area (Å²) in [6.45, 7) is 2.61. The number of ether oxygens (including phenoxy) is 1. The summed E-state index contributed by atoms with van der Waals surface area (Å²) < 4.78 is 19.0. The van der Waals surface area contributed by atoms with Gasteiger partial charge in [-0.2, -0.15) is 0 Å². The smallest absolute Gasteiger partial charge is 0.166 e. The van der Waals surface area contributed by atoms with E-state index in [4.69, 9.17) is 4.74 Å². The number of hydrogen-bond acceptors (Lipinski definition) is 3. The molecule has 1 aliphatic carbocycles. The van der Waals surface area contributed by atoms with E-state index in [1.165, 1.54) is 25.8 Å². The first-order valence-corrected chi connectivity index (χ1v) is 6.22. The van der Waals surface area contributed by atoms with Crippen LogP contribution in [0.15, 0.2) is 18.2 Å². The minimum absolute atomic E-state index is 0.0478. The number of carbonyl (C=O) groups excluding carboxylic acids is 1. The van der Waals surface area contributed by atoms with Gasteiger partial charge in [-0.15, -0.1) is 0 Å². The molecule has 4 heteroatoms. The highest BCUT2D eigenvalue weighted by Crippen LogP contribution is 2.25. The Bertz CT molecular complexity index is 443. The second-order valence-corrected chi connectivity index (χ2v) is 4.73. The molecule has 0 aliphatic heterocycles. The Hall–Kier alpha value is -1.42. The zero-order chi connectivity index (χ0) is 13.1. The number of nitrogens with zero attached hydrogens (tertiary/aromatic N) is 1. The second-order valence-electron chi connectivity index (χ2n) is 4.73. The van der Waals surface area contributed by atoms with Crippen molar-refractivity contribution in [1.29, 1.82) is 0 Å². The van der Waals surface area contributed by atoms with Crippen LogP contribution in [-0.4, -0.2) is 36.9 Å². The minimum Gasteiger partial charge on any atom is -0.491 e. The summed E-state index contributed by atoms with van der Waals surface area (Å²) >= 11 is 0. The highest BCUT2D eigenvalue weighted by molar-refractivity contribution is 5.97. The summed E-state index contributed by atoms with van der Waals surface area (Å²) in [5.74, 6) is -0.485. The van der Waals surface area contributed by atoms with Gasteiger partial charge in [-0.1, -0.05) is 6.07 Å². The van der Waals surface area contributed by atoms with E-state index < -0.39 is 5.82 Å². The molecule has 3 nitrogen and oxygen atoms in total. The molecule has 0 spiro atoms. The van der Waals surface area contributed by atoms with Crippen LogP contribution in [0.4, 0.5) is 4.39 Å². The van der Waals surface area contributed by atoms with E-state index in [1.54, 1.807) is 12.1 Å². The predicted octanol–water partition coefficient (Wildman–Crippen LogP) is 2.50. The van der Waals surface area contributed by atoms with Crippen molar-refractivity contribution in [3.63, 3.8) is 0 Å². The zero-order valence-corrected chi connectivity index (χ0v) is 10.8. The van der Waals surface area contributed by atoms with Gasteiger partial charge < -0.3 is 9.64 Å². The van der Waals surface area contributed by atoms with Gasteiger partial charge in [0.05, 0.1) is 5.56 Å². The average molecular weight is 251 g/mol. The van der Waals surface area contributed by atoms with Gasteiger partial charge in [0.2, 0.25) is 0 Å². The molecule has 0 aromatic heterocycles. The monoisotopic (exact) mass is 251 g/mol. The molecule has 0 radical (unpaired) electrons. The number of carbonyl (C=O) groups is 1. The van der Waals surface area contributed by atoms with Crippen molar-refractivity contribution in [2.24, 2.45) is 0 Å². The van der Waals surface area contributed by atoms with Crippen LogP contribution in [-0.2, 0) is 0 Å². The molecule has 0 amide bonds. The molecule has 0 N–H and O–H groups in total. The van der Waals surface area contributed by atoms with Gasteiger partial charge in [0.15, 0.2) is 5.78 Å². The fourth-order valence-corrected chi connectivity index (χ4v) is 1.96. The van der Waals surface area contributed by atoms with Gasteiger partial charge in [0.1, 0.15) is 18.2 Å². The molecule has 0 bridgehead atoms. The predicted molar refractivity (Wildman–Crippen MR) is 67.6 cm³/mol. The maximum absolute atomic E-state index is 13.5. The summed E-state index contributed by atoms with van der Waals surface area (Å²) in [6.07, 6.45) is 2.49. The number of halogens is 1. The summed E-state index contributed by atoms with van der Waals surface area (Å²) in [5.41, 5.74) is 0.0478. The largest absolute Gasteiger partial charge is 0.491 e. The molecule has 18 heavy (non-hydrogen) atoms. The average Bonchev–Trinajstić information content (AvgIpc) is 3.12. The van der Waals surface area contributed by atoms with Crippen LogP contribution in [0, 0.1) is 5.82 Å². The summed E-state index contributed by atoms with van der Waals surface area (Å²) in [7, 11) is 2.05. The zero-order valence-electron chi connectivity index (χ0n) is 10.8. The lowest BCUT2D eigenvalue weighted by Crippen LogP contribution is -2.26. The van der Waals surface area contributed by atoms with E-state index in [2.05, 4.69) is 11.9 Å². The summed E-state index contributed by atoms with van der Waals surface area (Å²) in [6, 6.07) is 5.15. The van der Waals surface area contributed by atoms with Gasteiger partial charge >= 0.3 is 0 Å². The highest BCUT2D eigenvalue weighted by Gasteiger charge is 2.25. The van der Waals surface area contributed by atoms with Crippen LogP contribution in [0.1, 0.15) is 30.1 Å². The molecule has 0 atom stereocenters. The third-order valence-electron chi connectivity index (χ3n) is 3.20. The first kappa shape index (κ1) is 13.0. The van der Waals surface area contributed by atoms with Crippen LogP contribution in [0.2, 0.25) is 0 Å². The second kappa shape index (κ2) is 5.48. The molecule has 0 heterocycles. The number of benzene rings is 1. The molecular weight excluding hydrogens is 233 g/mol. The maximum atomic E-state index is 13.5. The van der Waals surface area contributed by atoms with E-state index in [1.807, 2.05) is 0 Å². The number of hydrogen-bond donors (Lipinski definition) is 0. The lowest BCUT2D eigenvalue weighted by atomic mass is 10.1. The van der Waals surface area contributed by atoms with E-state index >= 15 is 0 Å². The van der Waals surface area contributed by atoms with Crippen LogP contribution >= 0.6 is 0 Å². The number of Topliss-reactive ketones (excluding diaryl/α,β-unsaturated/α-hetero) is 1. The first-order chi connectivity index (χ1) is 8.59. The Balaban J connectivity index is 1.95. The van der Waals surface area contributed by atoms with Gasteiger partial charge in [0.25, 0.3) is 0 Å². The highest BCUT2D eigenvalue weighted by atomic mass is 19.1. The quantitative estimate of drug-likeness (QED) is 0.727. The summed E-state index contributed by atoms with van der Waals surface area (Å²) in [4.78, 5) is 13.6. The van der Waals surface area contributed by atoms with E-state index in [9.17, 15) is 9.18 Å². The summed E-state index contributed by atoms with van der Waals surface area (Å²) in [5, 5.41) is 0. The molecule has 0 saturated heterocycles. The molecule has 1 aromatic carbocycles. The van der Waals surface area contributed by atoms with Crippen molar-refractivity contribution in [1.82, 2.24) is 4.90 Å². The van der Waals surface area contributed by atoms with Crippen molar-refractivity contribution in [3.8, 4) is 5.75 Å². The number of ketones is 1. The molecule has 1 saturated carbocycles. The Labute approximate surface area is 107 Å². The fraction of sp³-hybridized carbons (Fsp3) is 0.500.